The predicted molar refractivity (Wildman–Crippen MR) is 85.0 cm³/mol. The monoisotopic (exact) mass is 274 g/mol. The van der Waals surface area contributed by atoms with Gasteiger partial charge in [-0.3, -0.25) is 0 Å². The molecule has 102 valence electrons. The molecule has 3 heteroatoms. The lowest BCUT2D eigenvalue weighted by Crippen LogP contribution is -2.12. The predicted octanol–water partition coefficient (Wildman–Crippen LogP) is 3.67. The van der Waals surface area contributed by atoms with Gasteiger partial charge >= 0.3 is 0 Å². The summed E-state index contributed by atoms with van der Waals surface area (Å²) in [5.41, 5.74) is 2.58. The molecular weight excluding hydrogens is 252 g/mol. The van der Waals surface area contributed by atoms with Crippen molar-refractivity contribution in [1.82, 2.24) is 5.32 Å². The van der Waals surface area contributed by atoms with Crippen LogP contribution in [0.1, 0.15) is 22.2 Å². The van der Waals surface area contributed by atoms with Crippen LogP contribution in [-0.4, -0.2) is 14.1 Å². The summed E-state index contributed by atoms with van der Waals surface area (Å²) < 4.78 is 0. The molecule has 0 aliphatic carbocycles. The molecule has 0 bridgehead atoms. The first-order chi connectivity index (χ1) is 9.19. The molecule has 1 heterocycles. The highest BCUT2D eigenvalue weighted by molar-refractivity contribution is 7.11. The van der Waals surface area contributed by atoms with Gasteiger partial charge in [0.2, 0.25) is 0 Å². The molecule has 1 aromatic heterocycles. The third kappa shape index (κ3) is 4.08. The Bertz CT molecular complexity index is 500. The molecule has 0 spiro atoms. The lowest BCUT2D eigenvalue weighted by Gasteiger charge is -2.12. The molecule has 0 atom stereocenters. The number of nitrogens with one attached hydrogen (secondary N) is 1. The summed E-state index contributed by atoms with van der Waals surface area (Å²) in [5, 5.41) is 3.50. The summed E-state index contributed by atoms with van der Waals surface area (Å²) in [6.45, 7) is 4.09. The third-order valence-electron chi connectivity index (χ3n) is 3.15. The Morgan fingerprint density at radius 1 is 0.947 bits per heavy atom. The Kier molecular flexibility index (Phi) is 5.00. The van der Waals surface area contributed by atoms with E-state index in [0.717, 1.165) is 19.5 Å². The van der Waals surface area contributed by atoms with Gasteiger partial charge < -0.3 is 10.2 Å². The average molecular weight is 274 g/mol. The van der Waals surface area contributed by atoms with Crippen molar-refractivity contribution in [2.24, 2.45) is 0 Å². The molecule has 0 fully saturated rings. The van der Waals surface area contributed by atoms with E-state index in [2.05, 4.69) is 67.6 Å². The van der Waals surface area contributed by atoms with Gasteiger partial charge in [0.1, 0.15) is 0 Å². The van der Waals surface area contributed by atoms with Gasteiger partial charge in [0, 0.05) is 42.6 Å². The molecule has 0 aliphatic heterocycles. The maximum Gasteiger partial charge on any atom is 0.0361 e. The summed E-state index contributed by atoms with van der Waals surface area (Å²) in [6.07, 6.45) is 1.14. The fraction of sp³-hybridized carbons (Fsp3) is 0.375. The summed E-state index contributed by atoms with van der Waals surface area (Å²) in [4.78, 5) is 5.00. The third-order valence-corrected chi connectivity index (χ3v) is 4.38. The van der Waals surface area contributed by atoms with Crippen molar-refractivity contribution in [1.29, 1.82) is 0 Å². The van der Waals surface area contributed by atoms with Crippen molar-refractivity contribution in [3.05, 3.63) is 51.7 Å². The van der Waals surface area contributed by atoms with Crippen LogP contribution >= 0.6 is 11.3 Å². The summed E-state index contributed by atoms with van der Waals surface area (Å²) in [6, 6.07) is 13.2. The second kappa shape index (κ2) is 6.73. The summed E-state index contributed by atoms with van der Waals surface area (Å²) >= 11 is 1.91. The fourth-order valence-corrected chi connectivity index (χ4v) is 2.88. The highest BCUT2D eigenvalue weighted by Gasteiger charge is 1.99. The van der Waals surface area contributed by atoms with Crippen molar-refractivity contribution in [2.45, 2.75) is 26.4 Å². The molecule has 1 N–H and O–H groups in total. The van der Waals surface area contributed by atoms with Crippen LogP contribution in [0.2, 0.25) is 0 Å². The molecule has 1 aromatic carbocycles. The zero-order chi connectivity index (χ0) is 13.7. The minimum atomic E-state index is 0.924. The van der Waals surface area contributed by atoms with Crippen molar-refractivity contribution in [2.75, 3.05) is 19.0 Å². The van der Waals surface area contributed by atoms with E-state index in [0.29, 0.717) is 0 Å². The van der Waals surface area contributed by atoms with Crippen LogP contribution in [0.15, 0.2) is 36.4 Å². The van der Waals surface area contributed by atoms with Crippen LogP contribution in [0.4, 0.5) is 5.69 Å². The van der Waals surface area contributed by atoms with Crippen molar-refractivity contribution >= 4 is 17.0 Å². The van der Waals surface area contributed by atoms with E-state index in [1.165, 1.54) is 21.0 Å². The van der Waals surface area contributed by atoms with Crippen LogP contribution in [0.3, 0.4) is 0 Å². The lowest BCUT2D eigenvalue weighted by molar-refractivity contribution is 0.701. The quantitative estimate of drug-likeness (QED) is 0.864. The first-order valence-electron chi connectivity index (χ1n) is 6.73. The molecule has 0 radical (unpaired) electrons. The Morgan fingerprint density at radius 2 is 1.63 bits per heavy atom. The van der Waals surface area contributed by atoms with Crippen LogP contribution in [0.25, 0.3) is 0 Å². The van der Waals surface area contributed by atoms with Gasteiger partial charge in [0.05, 0.1) is 0 Å². The lowest BCUT2D eigenvalue weighted by atomic mass is 10.2. The van der Waals surface area contributed by atoms with Gasteiger partial charge in [-0.15, -0.1) is 11.3 Å². The average Bonchev–Trinajstić information content (AvgIpc) is 2.87. The largest absolute Gasteiger partial charge is 0.378 e. The topological polar surface area (TPSA) is 15.3 Å². The van der Waals surface area contributed by atoms with Crippen LogP contribution in [0, 0.1) is 0 Å². The standard InChI is InChI=1S/C16H22N2S/c1-4-15-9-10-16(19-15)12-17-11-13-5-7-14(8-6-13)18(2)3/h5-10,17H,4,11-12H2,1-3H3. The van der Waals surface area contributed by atoms with Crippen molar-refractivity contribution in [3.8, 4) is 0 Å². The number of hydrogen-bond acceptors (Lipinski definition) is 3. The minimum Gasteiger partial charge on any atom is -0.378 e. The molecule has 0 unspecified atom stereocenters. The van der Waals surface area contributed by atoms with E-state index in [1.807, 2.05) is 11.3 Å². The molecule has 0 saturated carbocycles. The fourth-order valence-electron chi connectivity index (χ4n) is 1.95. The Morgan fingerprint density at radius 3 is 2.21 bits per heavy atom. The summed E-state index contributed by atoms with van der Waals surface area (Å²) in [5.74, 6) is 0. The Hall–Kier alpha value is -1.32. The molecule has 0 aliphatic rings. The molecule has 2 rings (SSSR count). The first kappa shape index (κ1) is 14.1. The molecule has 19 heavy (non-hydrogen) atoms. The Balaban J connectivity index is 1.82. The van der Waals surface area contributed by atoms with Gasteiger partial charge in [0.15, 0.2) is 0 Å². The maximum atomic E-state index is 3.50. The first-order valence-corrected chi connectivity index (χ1v) is 7.55. The number of rotatable bonds is 6. The number of hydrogen-bond donors (Lipinski definition) is 1. The van der Waals surface area contributed by atoms with Crippen LogP contribution in [0.5, 0.6) is 0 Å². The van der Waals surface area contributed by atoms with Crippen LogP contribution in [-0.2, 0) is 19.5 Å². The van der Waals surface area contributed by atoms with Gasteiger partial charge in [-0.1, -0.05) is 19.1 Å². The normalized spacial score (nSPS) is 10.7. The van der Waals surface area contributed by atoms with Crippen molar-refractivity contribution in [3.63, 3.8) is 0 Å². The number of nitrogens with zero attached hydrogens (tertiary/aromatic N) is 1. The number of aryl methyl sites for hydroxylation is 1. The molecule has 2 aromatic rings. The van der Waals surface area contributed by atoms with Crippen LogP contribution < -0.4 is 10.2 Å². The smallest absolute Gasteiger partial charge is 0.0361 e. The number of thiophene rings is 1. The van der Waals surface area contributed by atoms with E-state index in [4.69, 9.17) is 0 Å². The Labute approximate surface area is 120 Å². The highest BCUT2D eigenvalue weighted by Crippen LogP contribution is 2.17. The van der Waals surface area contributed by atoms with Gasteiger partial charge in [-0.25, -0.2) is 0 Å². The molecular formula is C16H22N2S. The second-order valence-corrected chi connectivity index (χ2v) is 6.14. The van der Waals surface area contributed by atoms with E-state index in [9.17, 15) is 0 Å². The number of anilines is 1. The minimum absolute atomic E-state index is 0.924. The van der Waals surface area contributed by atoms with Gasteiger partial charge in [0.25, 0.3) is 0 Å². The SMILES string of the molecule is CCc1ccc(CNCc2ccc(N(C)C)cc2)s1. The van der Waals surface area contributed by atoms with Gasteiger partial charge in [-0.05, 0) is 36.2 Å². The molecule has 0 saturated heterocycles. The zero-order valence-electron chi connectivity index (χ0n) is 11.9. The van der Waals surface area contributed by atoms with Gasteiger partial charge in [-0.2, -0.15) is 0 Å². The van der Waals surface area contributed by atoms with Crippen molar-refractivity contribution < 1.29 is 0 Å². The van der Waals surface area contributed by atoms with E-state index < -0.39 is 0 Å². The molecule has 0 amide bonds. The molecule has 2 nitrogen and oxygen atoms in total. The highest BCUT2D eigenvalue weighted by atomic mass is 32.1. The van der Waals surface area contributed by atoms with E-state index in [1.54, 1.807) is 0 Å². The maximum absolute atomic E-state index is 3.50. The summed E-state index contributed by atoms with van der Waals surface area (Å²) in [7, 11) is 4.13. The second-order valence-electron chi connectivity index (χ2n) is 4.89. The number of benzene rings is 1. The van der Waals surface area contributed by atoms with E-state index >= 15 is 0 Å². The zero-order valence-corrected chi connectivity index (χ0v) is 12.8. The van der Waals surface area contributed by atoms with E-state index in [-0.39, 0.29) is 0 Å².